The average Bonchev–Trinajstić information content (AvgIpc) is 2.85. The first kappa shape index (κ1) is 17.0. The highest BCUT2D eigenvalue weighted by molar-refractivity contribution is 14.1. The van der Waals surface area contributed by atoms with Gasteiger partial charge in [-0.25, -0.2) is 8.78 Å². The summed E-state index contributed by atoms with van der Waals surface area (Å²) in [5.41, 5.74) is 1.19. The van der Waals surface area contributed by atoms with E-state index in [1.54, 1.807) is 12.1 Å². The van der Waals surface area contributed by atoms with Crippen LogP contribution in [0.2, 0.25) is 5.02 Å². The lowest BCUT2D eigenvalue weighted by Gasteiger charge is -2.28. The van der Waals surface area contributed by atoms with Gasteiger partial charge in [0.15, 0.2) is 0 Å². The lowest BCUT2D eigenvalue weighted by Crippen LogP contribution is -2.33. The van der Waals surface area contributed by atoms with E-state index in [0.717, 1.165) is 3.70 Å². The zero-order valence-electron chi connectivity index (χ0n) is 12.3. The van der Waals surface area contributed by atoms with E-state index in [0.29, 0.717) is 35.5 Å². The van der Waals surface area contributed by atoms with Crippen LogP contribution < -0.4 is 5.32 Å². The molecule has 0 unspecified atom stereocenters. The number of nitrogens with one attached hydrogen (secondary N) is 1. The molecule has 1 aliphatic rings. The molecule has 0 aromatic carbocycles. The number of fused-ring (bicyclic) bond motifs is 1. The minimum atomic E-state index is -2.54. The first-order valence-corrected chi connectivity index (χ1v) is 8.94. The number of pyridine rings is 1. The molecule has 3 rings (SSSR count). The number of hydrogen-bond acceptors (Lipinski definition) is 1. The number of carbonyl (C=O) groups is 1. The maximum Gasteiger partial charge on any atom is 0.253 e. The van der Waals surface area contributed by atoms with Crippen LogP contribution in [-0.4, -0.2) is 22.8 Å². The van der Waals surface area contributed by atoms with Crippen molar-refractivity contribution in [3.63, 3.8) is 0 Å². The Bertz CT molecular complexity index is 737. The molecule has 0 radical (unpaired) electrons. The van der Waals surface area contributed by atoms with E-state index in [1.807, 2.05) is 16.7 Å². The summed E-state index contributed by atoms with van der Waals surface area (Å²) in [6.45, 7) is 0.424. The van der Waals surface area contributed by atoms with Crippen molar-refractivity contribution < 1.29 is 13.6 Å². The summed E-state index contributed by atoms with van der Waals surface area (Å²) < 4.78 is 29.1. The molecule has 0 spiro atoms. The minimum Gasteiger partial charge on any atom is -0.352 e. The molecule has 2 heterocycles. The van der Waals surface area contributed by atoms with Gasteiger partial charge in [0.05, 0.1) is 19.8 Å². The van der Waals surface area contributed by atoms with Gasteiger partial charge in [0, 0.05) is 25.6 Å². The normalized spacial score (nSPS) is 18.3. The summed E-state index contributed by atoms with van der Waals surface area (Å²) in [7, 11) is 0. The van der Waals surface area contributed by atoms with Crippen LogP contribution in [-0.2, 0) is 0 Å². The molecule has 0 bridgehead atoms. The van der Waals surface area contributed by atoms with Crippen LogP contribution in [0.15, 0.2) is 24.4 Å². The van der Waals surface area contributed by atoms with E-state index in [-0.39, 0.29) is 24.7 Å². The molecule has 7 heteroatoms. The van der Waals surface area contributed by atoms with Gasteiger partial charge in [-0.2, -0.15) is 0 Å². The quantitative estimate of drug-likeness (QED) is 0.670. The molecular formula is C16H16ClF2IN2O. The predicted octanol–water partition coefficient (Wildman–Crippen LogP) is 4.75. The van der Waals surface area contributed by atoms with Crippen LogP contribution in [0, 0.1) is 9.62 Å². The molecule has 1 amide bonds. The van der Waals surface area contributed by atoms with Crippen molar-refractivity contribution >= 4 is 45.6 Å². The summed E-state index contributed by atoms with van der Waals surface area (Å²) in [5.74, 6) is -2.64. The second-order valence-corrected chi connectivity index (χ2v) is 7.48. The fourth-order valence-corrected chi connectivity index (χ4v) is 3.96. The first-order valence-electron chi connectivity index (χ1n) is 7.48. The summed E-state index contributed by atoms with van der Waals surface area (Å²) >= 11 is 8.36. The highest BCUT2D eigenvalue weighted by Crippen LogP contribution is 2.35. The molecule has 2 aromatic heterocycles. The Morgan fingerprint density at radius 1 is 1.43 bits per heavy atom. The monoisotopic (exact) mass is 452 g/mol. The van der Waals surface area contributed by atoms with Crippen LogP contribution in [0.5, 0.6) is 0 Å². The number of hydrogen-bond donors (Lipinski definition) is 1. The van der Waals surface area contributed by atoms with Gasteiger partial charge in [0.1, 0.15) is 0 Å². The van der Waals surface area contributed by atoms with Crippen molar-refractivity contribution in [2.24, 2.45) is 5.92 Å². The third-order valence-corrected chi connectivity index (χ3v) is 5.46. The summed E-state index contributed by atoms with van der Waals surface area (Å²) in [6.07, 6.45) is 2.56. The Morgan fingerprint density at radius 2 is 2.13 bits per heavy atom. The van der Waals surface area contributed by atoms with Crippen molar-refractivity contribution in [1.29, 1.82) is 0 Å². The zero-order chi connectivity index (χ0) is 16.6. The van der Waals surface area contributed by atoms with E-state index in [1.165, 1.54) is 0 Å². The number of aromatic nitrogens is 1. The van der Waals surface area contributed by atoms with Gasteiger partial charge >= 0.3 is 0 Å². The molecule has 3 nitrogen and oxygen atoms in total. The molecule has 2 aromatic rings. The van der Waals surface area contributed by atoms with E-state index < -0.39 is 5.92 Å². The summed E-state index contributed by atoms with van der Waals surface area (Å²) in [6, 6.07) is 5.35. The van der Waals surface area contributed by atoms with Crippen LogP contribution in [0.1, 0.15) is 36.0 Å². The number of nitrogens with zero attached hydrogens (tertiary/aromatic N) is 1. The van der Waals surface area contributed by atoms with Crippen LogP contribution >= 0.6 is 34.2 Å². The second kappa shape index (κ2) is 6.55. The minimum absolute atomic E-state index is 0.0908. The number of carbonyl (C=O) groups excluding carboxylic acids is 1. The Labute approximate surface area is 151 Å². The van der Waals surface area contributed by atoms with E-state index in [4.69, 9.17) is 11.6 Å². The Hall–Kier alpha value is -0.890. The Balaban J connectivity index is 1.70. The zero-order valence-corrected chi connectivity index (χ0v) is 15.2. The molecule has 23 heavy (non-hydrogen) atoms. The predicted molar refractivity (Wildman–Crippen MR) is 94.4 cm³/mol. The van der Waals surface area contributed by atoms with Crippen molar-refractivity contribution in [2.75, 3.05) is 6.54 Å². The van der Waals surface area contributed by atoms with Crippen molar-refractivity contribution in [1.82, 2.24) is 9.72 Å². The van der Waals surface area contributed by atoms with E-state index in [9.17, 15) is 13.6 Å². The molecular weight excluding hydrogens is 437 g/mol. The third kappa shape index (κ3) is 3.63. The molecule has 1 fully saturated rings. The topological polar surface area (TPSA) is 33.5 Å². The van der Waals surface area contributed by atoms with Gasteiger partial charge in [0.25, 0.3) is 5.91 Å². The third-order valence-electron chi connectivity index (χ3n) is 4.33. The fourth-order valence-electron chi connectivity index (χ4n) is 2.98. The van der Waals surface area contributed by atoms with Crippen LogP contribution in [0.3, 0.4) is 0 Å². The molecule has 0 atom stereocenters. The van der Waals surface area contributed by atoms with Crippen molar-refractivity contribution in [3.8, 4) is 0 Å². The molecule has 1 aliphatic carbocycles. The Morgan fingerprint density at radius 3 is 2.83 bits per heavy atom. The van der Waals surface area contributed by atoms with Crippen molar-refractivity contribution in [2.45, 2.75) is 31.6 Å². The number of alkyl halides is 2. The lowest BCUT2D eigenvalue weighted by atomic mass is 9.87. The van der Waals surface area contributed by atoms with Gasteiger partial charge < -0.3 is 9.72 Å². The highest BCUT2D eigenvalue weighted by atomic mass is 127. The number of halogens is 4. The maximum atomic E-state index is 13.2. The standard InChI is InChI=1S/C16H16ClF2IN2O/c17-12-2-1-7-22-13(20)8-11(14(12)22)15(23)21-9-10-3-5-16(18,19)6-4-10/h1-2,7-8,10H,3-6,9H2,(H,21,23). The average molecular weight is 453 g/mol. The molecule has 124 valence electrons. The van der Waals surface area contributed by atoms with E-state index >= 15 is 0 Å². The van der Waals surface area contributed by atoms with Gasteiger partial charge in [-0.05, 0) is 59.5 Å². The van der Waals surface area contributed by atoms with Gasteiger partial charge in [0.2, 0.25) is 5.92 Å². The molecule has 0 aliphatic heterocycles. The number of rotatable bonds is 3. The van der Waals surface area contributed by atoms with Crippen LogP contribution in [0.4, 0.5) is 8.78 Å². The summed E-state index contributed by atoms with van der Waals surface area (Å²) in [5, 5.41) is 3.38. The van der Waals surface area contributed by atoms with E-state index in [2.05, 4.69) is 27.9 Å². The van der Waals surface area contributed by atoms with Crippen molar-refractivity contribution in [3.05, 3.63) is 38.7 Å². The molecule has 0 saturated heterocycles. The molecule has 1 saturated carbocycles. The summed E-state index contributed by atoms with van der Waals surface area (Å²) in [4.78, 5) is 12.5. The number of amides is 1. The van der Waals surface area contributed by atoms with Gasteiger partial charge in [-0.15, -0.1) is 0 Å². The fraction of sp³-hybridized carbons (Fsp3) is 0.438. The SMILES string of the molecule is O=C(NCC1CCC(F)(F)CC1)c1cc(I)n2cccc(Cl)c12. The second-order valence-electron chi connectivity index (χ2n) is 5.96. The first-order chi connectivity index (χ1) is 10.9. The highest BCUT2D eigenvalue weighted by Gasteiger charge is 2.34. The van der Waals surface area contributed by atoms with Crippen LogP contribution in [0.25, 0.3) is 5.52 Å². The van der Waals surface area contributed by atoms with Gasteiger partial charge in [-0.1, -0.05) is 11.6 Å². The maximum absolute atomic E-state index is 13.2. The largest absolute Gasteiger partial charge is 0.352 e. The Kier molecular flexibility index (Phi) is 4.83. The smallest absolute Gasteiger partial charge is 0.253 e. The lowest BCUT2D eigenvalue weighted by molar-refractivity contribution is -0.0452. The van der Waals surface area contributed by atoms with Gasteiger partial charge in [-0.3, -0.25) is 4.79 Å². The molecule has 1 N–H and O–H groups in total.